The maximum Gasteiger partial charge on any atom is 0.225 e. The van der Waals surface area contributed by atoms with Gasteiger partial charge in [-0.3, -0.25) is 10.1 Å². The SMILES string of the molecule is Cc1cc(Nc2nc(N[C@H](c3ccc(F)cn3)C3CC3)ncc2Cl)n[nH]1. The average Bonchev–Trinajstić information content (AvgIpc) is 3.39. The number of pyridine rings is 1. The number of H-pyrrole nitrogens is 1. The van der Waals surface area contributed by atoms with E-state index in [2.05, 4.69) is 35.8 Å². The molecule has 3 aromatic heterocycles. The summed E-state index contributed by atoms with van der Waals surface area (Å²) in [6.45, 7) is 1.91. The Balaban J connectivity index is 1.56. The van der Waals surface area contributed by atoms with E-state index in [1.165, 1.54) is 18.5 Å². The Morgan fingerprint density at radius 1 is 1.27 bits per heavy atom. The summed E-state index contributed by atoms with van der Waals surface area (Å²) < 4.78 is 13.2. The zero-order valence-electron chi connectivity index (χ0n) is 14.0. The minimum Gasteiger partial charge on any atom is -0.346 e. The van der Waals surface area contributed by atoms with E-state index in [1.54, 1.807) is 6.07 Å². The van der Waals surface area contributed by atoms with Gasteiger partial charge in [-0.05, 0) is 37.8 Å². The lowest BCUT2D eigenvalue weighted by molar-refractivity contribution is 0.606. The molecule has 1 atom stereocenters. The molecule has 0 aromatic carbocycles. The minimum absolute atomic E-state index is 0.0720. The molecule has 0 unspecified atom stereocenters. The van der Waals surface area contributed by atoms with Gasteiger partial charge in [-0.1, -0.05) is 11.6 Å². The Bertz CT molecular complexity index is 908. The van der Waals surface area contributed by atoms with Crippen molar-refractivity contribution in [3.05, 3.63) is 52.8 Å². The van der Waals surface area contributed by atoms with E-state index in [4.69, 9.17) is 11.6 Å². The zero-order chi connectivity index (χ0) is 18.1. The number of hydrogen-bond acceptors (Lipinski definition) is 6. The van der Waals surface area contributed by atoms with Crippen molar-refractivity contribution in [2.45, 2.75) is 25.8 Å². The summed E-state index contributed by atoms with van der Waals surface area (Å²) in [5.41, 5.74) is 1.69. The van der Waals surface area contributed by atoms with Crippen LogP contribution in [-0.2, 0) is 0 Å². The van der Waals surface area contributed by atoms with Gasteiger partial charge in [0.05, 0.1) is 24.1 Å². The predicted octanol–water partition coefficient (Wildman–Crippen LogP) is 4.00. The van der Waals surface area contributed by atoms with Crippen molar-refractivity contribution in [3.63, 3.8) is 0 Å². The standard InChI is InChI=1S/C17H17ClFN7/c1-9-6-14(26-25-9)22-16-12(18)8-21-17(24-16)23-15(10-2-3-10)13-5-4-11(19)7-20-13/h4-8,10,15H,2-3H2,1H3,(H3,21,22,23,24,25,26)/t15-/m0/s1. The Labute approximate surface area is 154 Å². The van der Waals surface area contributed by atoms with Crippen molar-refractivity contribution in [2.75, 3.05) is 10.6 Å². The molecule has 0 radical (unpaired) electrons. The third-order valence-corrected chi connectivity index (χ3v) is 4.42. The Morgan fingerprint density at radius 3 is 2.77 bits per heavy atom. The van der Waals surface area contributed by atoms with E-state index in [0.29, 0.717) is 28.5 Å². The highest BCUT2D eigenvalue weighted by Gasteiger charge is 2.34. The molecular weight excluding hydrogens is 357 g/mol. The zero-order valence-corrected chi connectivity index (χ0v) is 14.8. The van der Waals surface area contributed by atoms with Gasteiger partial charge in [0, 0.05) is 11.8 Å². The molecule has 3 N–H and O–H groups in total. The van der Waals surface area contributed by atoms with Gasteiger partial charge in [0.25, 0.3) is 0 Å². The molecule has 26 heavy (non-hydrogen) atoms. The third-order valence-electron chi connectivity index (χ3n) is 4.14. The fourth-order valence-electron chi connectivity index (χ4n) is 2.70. The smallest absolute Gasteiger partial charge is 0.225 e. The second-order valence-electron chi connectivity index (χ2n) is 6.31. The first-order valence-corrected chi connectivity index (χ1v) is 8.66. The Hall–Kier alpha value is -2.74. The largest absolute Gasteiger partial charge is 0.346 e. The second-order valence-corrected chi connectivity index (χ2v) is 6.72. The van der Waals surface area contributed by atoms with E-state index >= 15 is 0 Å². The predicted molar refractivity (Wildman–Crippen MR) is 96.9 cm³/mol. The molecule has 0 amide bonds. The molecule has 134 valence electrons. The van der Waals surface area contributed by atoms with Gasteiger partial charge in [-0.2, -0.15) is 10.1 Å². The van der Waals surface area contributed by atoms with Gasteiger partial charge in [0.2, 0.25) is 5.95 Å². The number of nitrogens with zero attached hydrogens (tertiary/aromatic N) is 4. The fraction of sp³-hybridized carbons (Fsp3) is 0.294. The number of aryl methyl sites for hydroxylation is 1. The summed E-state index contributed by atoms with van der Waals surface area (Å²) in [5, 5.41) is 13.7. The lowest BCUT2D eigenvalue weighted by atomic mass is 10.1. The second kappa shape index (κ2) is 6.87. The van der Waals surface area contributed by atoms with Crippen LogP contribution in [-0.4, -0.2) is 25.1 Å². The van der Waals surface area contributed by atoms with E-state index in [-0.39, 0.29) is 11.9 Å². The van der Waals surface area contributed by atoms with Crippen LogP contribution in [0.5, 0.6) is 0 Å². The number of anilines is 3. The van der Waals surface area contributed by atoms with Crippen LogP contribution in [0.4, 0.5) is 22.0 Å². The third kappa shape index (κ3) is 3.75. The van der Waals surface area contributed by atoms with Gasteiger partial charge >= 0.3 is 0 Å². The van der Waals surface area contributed by atoms with Crippen molar-refractivity contribution < 1.29 is 4.39 Å². The van der Waals surface area contributed by atoms with Gasteiger partial charge in [-0.25, -0.2) is 9.37 Å². The first-order valence-electron chi connectivity index (χ1n) is 8.28. The minimum atomic E-state index is -0.355. The van der Waals surface area contributed by atoms with Gasteiger partial charge in [0.1, 0.15) is 10.8 Å². The maximum atomic E-state index is 13.2. The highest BCUT2D eigenvalue weighted by atomic mass is 35.5. The maximum absolute atomic E-state index is 13.2. The first-order chi connectivity index (χ1) is 12.6. The topological polar surface area (TPSA) is 91.4 Å². The summed E-state index contributed by atoms with van der Waals surface area (Å²) in [4.78, 5) is 12.9. The van der Waals surface area contributed by atoms with Crippen molar-refractivity contribution >= 4 is 29.2 Å². The number of hydrogen-bond donors (Lipinski definition) is 3. The quantitative estimate of drug-likeness (QED) is 0.605. The van der Waals surface area contributed by atoms with E-state index < -0.39 is 0 Å². The highest BCUT2D eigenvalue weighted by Crippen LogP contribution is 2.42. The highest BCUT2D eigenvalue weighted by molar-refractivity contribution is 6.32. The van der Waals surface area contributed by atoms with Crippen LogP contribution in [0.3, 0.4) is 0 Å². The van der Waals surface area contributed by atoms with Crippen molar-refractivity contribution in [1.29, 1.82) is 0 Å². The number of nitrogens with one attached hydrogen (secondary N) is 3. The molecule has 0 bridgehead atoms. The number of aromatic amines is 1. The van der Waals surface area contributed by atoms with Crippen LogP contribution in [0.15, 0.2) is 30.6 Å². The molecule has 0 aliphatic heterocycles. The van der Waals surface area contributed by atoms with Gasteiger partial charge < -0.3 is 10.6 Å². The molecule has 3 heterocycles. The van der Waals surface area contributed by atoms with Crippen LogP contribution in [0.25, 0.3) is 0 Å². The summed E-state index contributed by atoms with van der Waals surface area (Å²) in [6, 6.07) is 4.88. The molecule has 3 aromatic rings. The van der Waals surface area contributed by atoms with E-state index in [9.17, 15) is 4.39 Å². The van der Waals surface area contributed by atoms with E-state index in [0.717, 1.165) is 24.2 Å². The summed E-state index contributed by atoms with van der Waals surface area (Å²) in [6.07, 6.45) is 4.92. The molecule has 1 fully saturated rings. The van der Waals surface area contributed by atoms with Crippen molar-refractivity contribution in [1.82, 2.24) is 25.1 Å². The molecule has 0 saturated heterocycles. The molecule has 4 rings (SSSR count). The van der Waals surface area contributed by atoms with Gasteiger partial charge in [-0.15, -0.1) is 0 Å². The van der Waals surface area contributed by atoms with Crippen LogP contribution in [0.1, 0.15) is 30.3 Å². The monoisotopic (exact) mass is 373 g/mol. The molecule has 0 spiro atoms. The molecule has 1 aliphatic carbocycles. The summed E-state index contributed by atoms with van der Waals surface area (Å²) >= 11 is 6.19. The summed E-state index contributed by atoms with van der Waals surface area (Å²) in [7, 11) is 0. The number of aromatic nitrogens is 5. The average molecular weight is 374 g/mol. The molecule has 9 heteroatoms. The molecule has 1 aliphatic rings. The van der Waals surface area contributed by atoms with Crippen molar-refractivity contribution in [3.8, 4) is 0 Å². The first kappa shape index (κ1) is 16.7. The normalized spacial score (nSPS) is 14.9. The Kier molecular flexibility index (Phi) is 4.42. The molecular formula is C17H17ClFN7. The van der Waals surface area contributed by atoms with Crippen LogP contribution < -0.4 is 10.6 Å². The fourth-order valence-corrected chi connectivity index (χ4v) is 2.84. The molecule has 1 saturated carbocycles. The lowest BCUT2D eigenvalue weighted by Gasteiger charge is -2.18. The Morgan fingerprint density at radius 2 is 2.12 bits per heavy atom. The van der Waals surface area contributed by atoms with Crippen LogP contribution in [0, 0.1) is 18.7 Å². The number of halogens is 2. The van der Waals surface area contributed by atoms with E-state index in [1.807, 2.05) is 13.0 Å². The molecule has 7 nitrogen and oxygen atoms in total. The van der Waals surface area contributed by atoms with Crippen LogP contribution >= 0.6 is 11.6 Å². The number of rotatable bonds is 6. The lowest BCUT2D eigenvalue weighted by Crippen LogP contribution is -2.16. The summed E-state index contributed by atoms with van der Waals surface area (Å²) in [5.74, 6) is 1.57. The van der Waals surface area contributed by atoms with Gasteiger partial charge in [0.15, 0.2) is 11.6 Å². The van der Waals surface area contributed by atoms with Crippen LogP contribution in [0.2, 0.25) is 5.02 Å². The van der Waals surface area contributed by atoms with Crippen molar-refractivity contribution in [2.24, 2.45) is 5.92 Å².